The third kappa shape index (κ3) is 21.0. The summed E-state index contributed by atoms with van der Waals surface area (Å²) in [5.74, 6) is -0.872. The molecule has 0 fully saturated rings. The molecule has 0 amide bonds. The summed E-state index contributed by atoms with van der Waals surface area (Å²) in [5, 5.41) is 0. The predicted octanol–water partition coefficient (Wildman–Crippen LogP) is 2.22. The zero-order valence-corrected chi connectivity index (χ0v) is 19.4. The minimum absolute atomic E-state index is 0.0375. The van der Waals surface area contributed by atoms with Gasteiger partial charge in [-0.25, -0.2) is 9.59 Å². The second-order valence-electron chi connectivity index (χ2n) is 7.31. The Hall–Kier alpha value is -1.51. The molecule has 0 aliphatic heterocycles. The van der Waals surface area contributed by atoms with E-state index >= 15 is 0 Å². The van der Waals surface area contributed by atoms with Gasteiger partial charge in [0, 0.05) is 11.1 Å². The predicted molar refractivity (Wildman–Crippen MR) is 109 cm³/mol. The molecule has 1 atom stereocenters. The zero-order valence-electron chi connectivity index (χ0n) is 18.5. The van der Waals surface area contributed by atoms with E-state index in [9.17, 15) is 19.0 Å². The van der Waals surface area contributed by atoms with Gasteiger partial charge in [0.2, 0.25) is 0 Å². The Kier molecular flexibility index (Phi) is 15.7. The molecule has 29 heavy (non-hydrogen) atoms. The van der Waals surface area contributed by atoms with Crippen molar-refractivity contribution in [3.05, 3.63) is 24.3 Å². The molecule has 0 aliphatic rings. The van der Waals surface area contributed by atoms with Crippen molar-refractivity contribution in [2.24, 2.45) is 0 Å². The number of unbranched alkanes of at least 4 members (excludes halogenated alkanes) is 1. The number of esters is 2. The summed E-state index contributed by atoms with van der Waals surface area (Å²) in [6.07, 6.45) is 1.97. The molecular weight excluding hydrogens is 401 g/mol. The van der Waals surface area contributed by atoms with Crippen LogP contribution in [0.2, 0.25) is 0 Å². The Labute approximate surface area is 174 Å². The van der Waals surface area contributed by atoms with E-state index in [4.69, 9.17) is 4.74 Å². The van der Waals surface area contributed by atoms with Crippen LogP contribution in [0, 0.1) is 0 Å². The van der Waals surface area contributed by atoms with Gasteiger partial charge in [-0.15, -0.1) is 0 Å². The molecule has 10 heteroatoms. The molecule has 0 saturated carbocycles. The van der Waals surface area contributed by atoms with Crippen LogP contribution in [-0.2, 0) is 32.7 Å². The summed E-state index contributed by atoms with van der Waals surface area (Å²) < 4.78 is 30.6. The number of carbonyl (C=O) groups is 2. The van der Waals surface area contributed by atoms with Gasteiger partial charge in [0.1, 0.15) is 19.8 Å². The largest absolute Gasteiger partial charge is 0.756 e. The highest BCUT2D eigenvalue weighted by Gasteiger charge is 2.13. The molecule has 0 radical (unpaired) electrons. The third-order valence-corrected chi connectivity index (χ3v) is 4.00. The molecule has 0 aromatic carbocycles. The lowest BCUT2D eigenvalue weighted by Gasteiger charge is -2.27. The number of likely N-dealkylation sites (N-methyl/N-ethyl adjacent to an activating group) is 1. The number of rotatable bonds is 13. The number of hydrogen-bond donors (Lipinski definition) is 0. The summed E-state index contributed by atoms with van der Waals surface area (Å²) in [5.41, 5.74) is 0.709. The standard InChI is InChI=1S/C11H22NO6P.C8H14O2/c1-10(2)11(13)16-8-9-18-19(14,15)17-7-6-12(3,4)5;1-4-5-6-10-8(9)7(2)3/h1,6-9H2,2-5H3;2,4-6H2,1,3H3. The maximum atomic E-state index is 11.3. The molecule has 0 aliphatic carbocycles. The van der Waals surface area contributed by atoms with Crippen LogP contribution in [0.25, 0.3) is 0 Å². The van der Waals surface area contributed by atoms with Crippen molar-refractivity contribution in [3.63, 3.8) is 0 Å². The maximum Gasteiger partial charge on any atom is 0.333 e. The summed E-state index contributed by atoms with van der Waals surface area (Å²) >= 11 is 0. The second kappa shape index (κ2) is 15.3. The van der Waals surface area contributed by atoms with Crippen molar-refractivity contribution in [2.75, 3.05) is 54.1 Å². The van der Waals surface area contributed by atoms with E-state index in [1.165, 1.54) is 6.92 Å². The lowest BCUT2D eigenvalue weighted by molar-refractivity contribution is -0.870. The van der Waals surface area contributed by atoms with E-state index in [0.29, 0.717) is 23.2 Å². The third-order valence-electron chi connectivity index (χ3n) is 3.01. The van der Waals surface area contributed by atoms with Gasteiger partial charge in [-0.1, -0.05) is 26.5 Å². The summed E-state index contributed by atoms with van der Waals surface area (Å²) in [6, 6.07) is 0. The lowest BCUT2D eigenvalue weighted by Crippen LogP contribution is -2.37. The topological polar surface area (TPSA) is 111 Å². The molecule has 0 N–H and O–H groups in total. The fourth-order valence-electron chi connectivity index (χ4n) is 1.30. The van der Waals surface area contributed by atoms with Crippen LogP contribution in [0.3, 0.4) is 0 Å². The van der Waals surface area contributed by atoms with Crippen molar-refractivity contribution in [2.45, 2.75) is 33.6 Å². The van der Waals surface area contributed by atoms with E-state index < -0.39 is 13.8 Å². The first-order valence-electron chi connectivity index (χ1n) is 9.27. The van der Waals surface area contributed by atoms with Crippen LogP contribution in [0.4, 0.5) is 0 Å². The number of phosphoric ester groups is 1. The summed E-state index contributed by atoms with van der Waals surface area (Å²) in [6.45, 7) is 12.7. The van der Waals surface area contributed by atoms with Gasteiger partial charge in [0.25, 0.3) is 7.82 Å². The fourth-order valence-corrected chi connectivity index (χ4v) is 1.98. The van der Waals surface area contributed by atoms with E-state index in [1.807, 2.05) is 21.1 Å². The number of phosphoric acid groups is 1. The highest BCUT2D eigenvalue weighted by Crippen LogP contribution is 2.37. The molecule has 0 saturated heterocycles. The second-order valence-corrected chi connectivity index (χ2v) is 8.72. The van der Waals surface area contributed by atoms with Crippen molar-refractivity contribution < 1.29 is 42.1 Å². The van der Waals surface area contributed by atoms with Crippen LogP contribution >= 0.6 is 7.82 Å². The van der Waals surface area contributed by atoms with E-state index in [-0.39, 0.29) is 31.4 Å². The Balaban J connectivity index is 0. The van der Waals surface area contributed by atoms with Gasteiger partial charge in [-0.2, -0.15) is 0 Å². The van der Waals surface area contributed by atoms with Gasteiger partial charge in [0.05, 0.1) is 34.4 Å². The molecule has 0 aromatic heterocycles. The monoisotopic (exact) mass is 437 g/mol. The van der Waals surface area contributed by atoms with E-state index in [0.717, 1.165) is 12.8 Å². The molecule has 1 unspecified atom stereocenters. The maximum absolute atomic E-state index is 11.3. The number of carbonyl (C=O) groups excluding carboxylic acids is 2. The average Bonchev–Trinajstić information content (AvgIpc) is 2.57. The Morgan fingerprint density at radius 3 is 1.76 bits per heavy atom. The average molecular weight is 437 g/mol. The van der Waals surface area contributed by atoms with Crippen LogP contribution in [0.15, 0.2) is 24.3 Å². The van der Waals surface area contributed by atoms with Gasteiger partial charge < -0.3 is 27.9 Å². The zero-order chi connectivity index (χ0) is 23.1. The molecule has 0 rings (SSSR count). The number of nitrogens with zero attached hydrogens (tertiary/aromatic N) is 1. The normalized spacial score (nSPS) is 12.8. The first-order chi connectivity index (χ1) is 13.2. The minimum Gasteiger partial charge on any atom is -0.756 e. The first kappa shape index (κ1) is 29.7. The van der Waals surface area contributed by atoms with Crippen LogP contribution in [0.1, 0.15) is 33.6 Å². The molecule has 9 nitrogen and oxygen atoms in total. The van der Waals surface area contributed by atoms with Crippen molar-refractivity contribution in [1.29, 1.82) is 0 Å². The van der Waals surface area contributed by atoms with Crippen molar-refractivity contribution in [1.82, 2.24) is 0 Å². The van der Waals surface area contributed by atoms with Crippen molar-refractivity contribution >= 4 is 19.8 Å². The van der Waals surface area contributed by atoms with Crippen LogP contribution < -0.4 is 4.89 Å². The SMILES string of the molecule is C=C(C)C(=O)OCCCC.C=C(C)C(=O)OCCOP(=O)([O-])OCC[N+](C)(C)C. The molecular formula is C19H36NO8P. The fraction of sp³-hybridized carbons (Fsp3) is 0.684. The Bertz CT molecular complexity index is 583. The van der Waals surface area contributed by atoms with Gasteiger partial charge in [0.15, 0.2) is 0 Å². The molecule has 0 heterocycles. The van der Waals surface area contributed by atoms with E-state index in [2.05, 4.69) is 33.9 Å². The first-order valence-corrected chi connectivity index (χ1v) is 10.7. The van der Waals surface area contributed by atoms with Gasteiger partial charge in [-0.3, -0.25) is 4.57 Å². The molecule has 0 spiro atoms. The minimum atomic E-state index is -4.34. The number of ether oxygens (including phenoxy) is 2. The molecule has 170 valence electrons. The summed E-state index contributed by atoms with van der Waals surface area (Å²) in [7, 11) is 1.41. The van der Waals surface area contributed by atoms with E-state index in [1.54, 1.807) is 6.92 Å². The molecule has 0 bridgehead atoms. The molecule has 0 aromatic rings. The Morgan fingerprint density at radius 1 is 0.897 bits per heavy atom. The summed E-state index contributed by atoms with van der Waals surface area (Å²) in [4.78, 5) is 33.0. The smallest absolute Gasteiger partial charge is 0.333 e. The highest BCUT2D eigenvalue weighted by atomic mass is 31.2. The quantitative estimate of drug-likeness (QED) is 0.142. The van der Waals surface area contributed by atoms with Crippen LogP contribution in [0.5, 0.6) is 0 Å². The number of quaternary nitrogens is 1. The number of hydrogen-bond acceptors (Lipinski definition) is 8. The van der Waals surface area contributed by atoms with Gasteiger partial charge in [-0.05, 0) is 20.3 Å². The van der Waals surface area contributed by atoms with Crippen molar-refractivity contribution in [3.8, 4) is 0 Å². The van der Waals surface area contributed by atoms with Gasteiger partial charge >= 0.3 is 11.9 Å². The lowest BCUT2D eigenvalue weighted by atomic mass is 10.3. The van der Waals surface area contributed by atoms with Crippen LogP contribution in [-0.4, -0.2) is 70.5 Å². The Morgan fingerprint density at radius 2 is 1.34 bits per heavy atom. The highest BCUT2D eigenvalue weighted by molar-refractivity contribution is 7.45.